The molecule has 5 nitrogen and oxygen atoms in total. The SMILES string of the molecule is Cc1cc2c(-c3ccccc3)c(NC(=O)N(Cc3ccccc3)Cc3ccccc3)n(C)c(=O)c2cc1C. The van der Waals surface area contributed by atoms with Crippen LogP contribution in [0.5, 0.6) is 0 Å². The van der Waals surface area contributed by atoms with Gasteiger partial charge in [0.15, 0.2) is 0 Å². The fourth-order valence-electron chi connectivity index (χ4n) is 4.81. The first kappa shape index (κ1) is 25.0. The number of pyridine rings is 1. The molecular formula is C33H31N3O2. The number of rotatable bonds is 6. The zero-order valence-corrected chi connectivity index (χ0v) is 21.9. The van der Waals surface area contributed by atoms with Gasteiger partial charge in [0.1, 0.15) is 5.82 Å². The molecule has 2 amide bonds. The van der Waals surface area contributed by atoms with Gasteiger partial charge in [-0.25, -0.2) is 4.79 Å². The van der Waals surface area contributed by atoms with Crippen molar-refractivity contribution < 1.29 is 4.79 Å². The van der Waals surface area contributed by atoms with Gasteiger partial charge in [-0.2, -0.15) is 0 Å². The molecule has 0 bridgehead atoms. The molecule has 0 saturated carbocycles. The maximum Gasteiger partial charge on any atom is 0.323 e. The Kier molecular flexibility index (Phi) is 7.09. The summed E-state index contributed by atoms with van der Waals surface area (Å²) in [5.74, 6) is 0.480. The zero-order chi connectivity index (χ0) is 26.6. The van der Waals surface area contributed by atoms with Gasteiger partial charge in [-0.05, 0) is 53.1 Å². The Balaban J connectivity index is 1.63. The molecule has 5 aromatic rings. The van der Waals surface area contributed by atoms with E-state index in [1.807, 2.05) is 111 Å². The maximum atomic E-state index is 13.9. The van der Waals surface area contributed by atoms with Crippen molar-refractivity contribution in [3.8, 4) is 11.1 Å². The fraction of sp³-hybridized carbons (Fsp3) is 0.152. The highest BCUT2D eigenvalue weighted by Gasteiger charge is 2.22. The van der Waals surface area contributed by atoms with E-state index in [1.165, 1.54) is 0 Å². The second-order valence-corrected chi connectivity index (χ2v) is 9.69. The summed E-state index contributed by atoms with van der Waals surface area (Å²) in [5, 5.41) is 4.60. The van der Waals surface area contributed by atoms with Gasteiger partial charge >= 0.3 is 6.03 Å². The van der Waals surface area contributed by atoms with Gasteiger partial charge in [-0.1, -0.05) is 97.1 Å². The van der Waals surface area contributed by atoms with Crippen molar-refractivity contribution in [2.24, 2.45) is 7.05 Å². The Morgan fingerprint density at radius 1 is 0.737 bits per heavy atom. The van der Waals surface area contributed by atoms with Gasteiger partial charge in [0, 0.05) is 31.1 Å². The van der Waals surface area contributed by atoms with Gasteiger partial charge in [-0.15, -0.1) is 0 Å². The van der Waals surface area contributed by atoms with Gasteiger partial charge in [-0.3, -0.25) is 14.7 Å². The van der Waals surface area contributed by atoms with Crippen LogP contribution in [0.15, 0.2) is 108 Å². The van der Waals surface area contributed by atoms with E-state index in [-0.39, 0.29) is 11.6 Å². The molecule has 0 fully saturated rings. The number of anilines is 1. The molecule has 190 valence electrons. The van der Waals surface area contributed by atoms with Crippen molar-refractivity contribution in [2.75, 3.05) is 5.32 Å². The average molecular weight is 502 g/mol. The highest BCUT2D eigenvalue weighted by Crippen LogP contribution is 2.35. The number of urea groups is 1. The average Bonchev–Trinajstić information content (AvgIpc) is 2.94. The molecule has 0 radical (unpaired) electrons. The summed E-state index contributed by atoms with van der Waals surface area (Å²) in [4.78, 5) is 29.2. The van der Waals surface area contributed by atoms with Crippen molar-refractivity contribution in [1.29, 1.82) is 0 Å². The van der Waals surface area contributed by atoms with Crippen molar-refractivity contribution >= 4 is 22.6 Å². The molecular weight excluding hydrogens is 470 g/mol. The van der Waals surface area contributed by atoms with Crippen LogP contribution in [0.2, 0.25) is 0 Å². The van der Waals surface area contributed by atoms with E-state index in [9.17, 15) is 9.59 Å². The largest absolute Gasteiger partial charge is 0.323 e. The minimum Gasteiger partial charge on any atom is -0.316 e. The lowest BCUT2D eigenvalue weighted by atomic mass is 9.95. The number of nitrogens with zero attached hydrogens (tertiary/aromatic N) is 2. The Hall–Kier alpha value is -4.64. The van der Waals surface area contributed by atoms with Gasteiger partial charge < -0.3 is 4.90 Å². The van der Waals surface area contributed by atoms with E-state index in [0.717, 1.165) is 38.8 Å². The Bertz CT molecular complexity index is 1600. The standard InChI is InChI=1S/C33H31N3O2/c1-23-19-28-29(20-24(23)2)32(37)35(3)31(30(28)27-17-11-6-12-18-27)34-33(38)36(21-25-13-7-4-8-14-25)22-26-15-9-5-10-16-26/h4-20H,21-22H2,1-3H3,(H,34,38). The Morgan fingerprint density at radius 3 is 1.74 bits per heavy atom. The highest BCUT2D eigenvalue weighted by atomic mass is 16.2. The van der Waals surface area contributed by atoms with Crippen LogP contribution < -0.4 is 10.9 Å². The number of nitrogens with one attached hydrogen (secondary N) is 1. The molecule has 0 aliphatic heterocycles. The normalized spacial score (nSPS) is 10.9. The predicted octanol–water partition coefficient (Wildman–Crippen LogP) is 7.06. The number of amides is 2. The first-order valence-corrected chi connectivity index (χ1v) is 12.8. The topological polar surface area (TPSA) is 54.3 Å². The van der Waals surface area contributed by atoms with Crippen LogP contribution in [0.1, 0.15) is 22.3 Å². The van der Waals surface area contributed by atoms with Gasteiger partial charge in [0.05, 0.1) is 0 Å². The summed E-state index contributed by atoms with van der Waals surface area (Å²) in [7, 11) is 1.72. The molecule has 1 aromatic heterocycles. The molecule has 0 spiro atoms. The highest BCUT2D eigenvalue weighted by molar-refractivity contribution is 6.05. The van der Waals surface area contributed by atoms with Crippen LogP contribution in [0.4, 0.5) is 10.6 Å². The lowest BCUT2D eigenvalue weighted by molar-refractivity contribution is 0.206. The summed E-state index contributed by atoms with van der Waals surface area (Å²) in [6.45, 7) is 4.92. The zero-order valence-electron chi connectivity index (χ0n) is 21.9. The molecule has 0 unspecified atom stereocenters. The Labute approximate surface area is 223 Å². The third-order valence-corrected chi connectivity index (χ3v) is 7.02. The lowest BCUT2D eigenvalue weighted by Crippen LogP contribution is -2.36. The van der Waals surface area contributed by atoms with Crippen LogP contribution in [-0.4, -0.2) is 15.5 Å². The summed E-state index contributed by atoms with van der Waals surface area (Å²) in [5.41, 5.74) is 5.83. The van der Waals surface area contributed by atoms with Gasteiger partial charge in [0.25, 0.3) is 5.56 Å². The minimum atomic E-state index is -0.270. The quantitative estimate of drug-likeness (QED) is 0.271. The number of hydrogen-bond donors (Lipinski definition) is 1. The van der Waals surface area contributed by atoms with E-state index in [0.29, 0.717) is 24.3 Å². The fourth-order valence-corrected chi connectivity index (χ4v) is 4.81. The minimum absolute atomic E-state index is 0.143. The summed E-state index contributed by atoms with van der Waals surface area (Å²) in [6.07, 6.45) is 0. The third kappa shape index (κ3) is 5.09. The molecule has 0 atom stereocenters. The number of aromatic nitrogens is 1. The summed E-state index contributed by atoms with van der Waals surface area (Å²) < 4.78 is 1.56. The molecule has 5 heteroatoms. The predicted molar refractivity (Wildman–Crippen MR) is 155 cm³/mol. The van der Waals surface area contributed by atoms with Crippen molar-refractivity contribution in [3.05, 3.63) is 136 Å². The molecule has 0 saturated heterocycles. The maximum absolute atomic E-state index is 13.9. The summed E-state index contributed by atoms with van der Waals surface area (Å²) >= 11 is 0. The van der Waals surface area contributed by atoms with Crippen LogP contribution >= 0.6 is 0 Å². The number of hydrogen-bond acceptors (Lipinski definition) is 2. The number of aryl methyl sites for hydroxylation is 2. The molecule has 38 heavy (non-hydrogen) atoms. The number of benzene rings is 4. The number of fused-ring (bicyclic) bond motifs is 1. The molecule has 1 N–H and O–H groups in total. The van der Waals surface area contributed by atoms with Crippen LogP contribution in [0.3, 0.4) is 0 Å². The summed E-state index contributed by atoms with van der Waals surface area (Å²) in [6, 6.07) is 33.5. The van der Waals surface area contributed by atoms with Crippen molar-refractivity contribution in [3.63, 3.8) is 0 Å². The van der Waals surface area contributed by atoms with E-state index in [4.69, 9.17) is 0 Å². The number of carbonyl (C=O) groups is 1. The van der Waals surface area contributed by atoms with E-state index in [2.05, 4.69) is 11.4 Å². The van der Waals surface area contributed by atoms with Gasteiger partial charge in [0.2, 0.25) is 0 Å². The second kappa shape index (κ2) is 10.8. The van der Waals surface area contributed by atoms with Crippen molar-refractivity contribution in [1.82, 2.24) is 9.47 Å². The smallest absolute Gasteiger partial charge is 0.316 e. The molecule has 4 aromatic carbocycles. The van der Waals surface area contributed by atoms with Crippen LogP contribution in [0, 0.1) is 13.8 Å². The third-order valence-electron chi connectivity index (χ3n) is 7.02. The Morgan fingerprint density at radius 2 is 1.21 bits per heavy atom. The van der Waals surface area contributed by atoms with E-state index in [1.54, 1.807) is 16.5 Å². The lowest BCUT2D eigenvalue weighted by Gasteiger charge is -2.26. The molecule has 0 aliphatic rings. The molecule has 1 heterocycles. The molecule has 0 aliphatic carbocycles. The number of carbonyl (C=O) groups excluding carboxylic acids is 1. The molecule has 5 rings (SSSR count). The van der Waals surface area contributed by atoms with E-state index >= 15 is 0 Å². The second-order valence-electron chi connectivity index (χ2n) is 9.69. The first-order valence-electron chi connectivity index (χ1n) is 12.8. The monoisotopic (exact) mass is 501 g/mol. The van der Waals surface area contributed by atoms with Crippen LogP contribution in [0.25, 0.3) is 21.9 Å². The van der Waals surface area contributed by atoms with Crippen molar-refractivity contribution in [2.45, 2.75) is 26.9 Å². The van der Waals surface area contributed by atoms with E-state index < -0.39 is 0 Å². The van der Waals surface area contributed by atoms with Crippen LogP contribution in [-0.2, 0) is 20.1 Å². The first-order chi connectivity index (χ1) is 18.4.